The van der Waals surface area contributed by atoms with Crippen molar-refractivity contribution < 1.29 is 22.8 Å². The molecule has 30 heavy (non-hydrogen) atoms. The largest absolute Gasteiger partial charge is 0.337 e. The quantitative estimate of drug-likeness (QED) is 0.530. The van der Waals surface area contributed by atoms with E-state index in [4.69, 9.17) is 0 Å². The SMILES string of the molecule is CCCC1C(=O)N(S(C)(=O)=O)[C@@H]2CCN(C(=O)/C=C/C(=O)N3CCN(C)CC3)[C@@H]12.Cl. The van der Waals surface area contributed by atoms with Crippen LogP contribution in [-0.2, 0) is 24.4 Å². The van der Waals surface area contributed by atoms with Crippen LogP contribution in [0.2, 0.25) is 0 Å². The summed E-state index contributed by atoms with van der Waals surface area (Å²) < 4.78 is 25.3. The van der Waals surface area contributed by atoms with E-state index in [0.717, 1.165) is 30.1 Å². The molecule has 0 bridgehead atoms. The van der Waals surface area contributed by atoms with Crippen LogP contribution in [0.5, 0.6) is 0 Å². The van der Waals surface area contributed by atoms with Crippen LogP contribution in [0.3, 0.4) is 0 Å². The minimum absolute atomic E-state index is 0. The first kappa shape index (κ1) is 24.6. The van der Waals surface area contributed by atoms with E-state index in [1.54, 1.807) is 9.80 Å². The molecule has 3 aliphatic rings. The highest BCUT2D eigenvalue weighted by molar-refractivity contribution is 7.88. The van der Waals surface area contributed by atoms with Gasteiger partial charge in [0.25, 0.3) is 0 Å². The molecule has 3 fully saturated rings. The number of fused-ring (bicyclic) bond motifs is 1. The van der Waals surface area contributed by atoms with Gasteiger partial charge >= 0.3 is 0 Å². The van der Waals surface area contributed by atoms with Crippen LogP contribution in [0.15, 0.2) is 12.2 Å². The fourth-order valence-electron chi connectivity index (χ4n) is 4.66. The van der Waals surface area contributed by atoms with Crippen molar-refractivity contribution in [1.82, 2.24) is 19.0 Å². The predicted octanol–water partition coefficient (Wildman–Crippen LogP) is -0.0740. The summed E-state index contributed by atoms with van der Waals surface area (Å²) in [5, 5.41) is 0. The topological polar surface area (TPSA) is 98.3 Å². The smallest absolute Gasteiger partial charge is 0.247 e. The number of rotatable bonds is 5. The Morgan fingerprint density at radius 3 is 2.23 bits per heavy atom. The molecule has 0 aromatic heterocycles. The average molecular weight is 463 g/mol. The van der Waals surface area contributed by atoms with E-state index in [1.165, 1.54) is 12.2 Å². The van der Waals surface area contributed by atoms with Crippen LogP contribution in [0.25, 0.3) is 0 Å². The monoisotopic (exact) mass is 462 g/mol. The molecule has 3 aliphatic heterocycles. The zero-order valence-electron chi connectivity index (χ0n) is 17.7. The Hall–Kier alpha value is -1.65. The van der Waals surface area contributed by atoms with Gasteiger partial charge in [-0.15, -0.1) is 12.4 Å². The standard InChI is InChI=1S/C19H30N4O5S.ClH/c1-4-5-14-18-15(23(19(14)26)29(3,27)28)8-9-22(18)17(25)7-6-16(24)21-12-10-20(2)11-13-21;/h6-7,14-15,18H,4-5,8-13H2,1-3H3;1H/b7-6+;/t14?,15-,18+;/m1./s1. The molecule has 3 atom stereocenters. The number of carbonyl (C=O) groups excluding carboxylic acids is 3. The Kier molecular flexibility index (Phi) is 7.92. The third-order valence-corrected chi connectivity index (χ3v) is 7.26. The lowest BCUT2D eigenvalue weighted by Gasteiger charge is -2.31. The second-order valence-electron chi connectivity index (χ2n) is 8.13. The van der Waals surface area contributed by atoms with Crippen LogP contribution in [0.1, 0.15) is 26.2 Å². The highest BCUT2D eigenvalue weighted by Gasteiger charge is 2.56. The van der Waals surface area contributed by atoms with E-state index >= 15 is 0 Å². The summed E-state index contributed by atoms with van der Waals surface area (Å²) in [6, 6.07) is -0.979. The Morgan fingerprint density at radius 2 is 1.67 bits per heavy atom. The van der Waals surface area contributed by atoms with Gasteiger partial charge in [-0.05, 0) is 19.9 Å². The summed E-state index contributed by atoms with van der Waals surface area (Å²) in [7, 11) is -1.69. The number of nitrogens with zero attached hydrogens (tertiary/aromatic N) is 4. The van der Waals surface area contributed by atoms with Crippen molar-refractivity contribution in [3.05, 3.63) is 12.2 Å². The second kappa shape index (κ2) is 9.65. The van der Waals surface area contributed by atoms with Crippen molar-refractivity contribution in [1.29, 1.82) is 0 Å². The lowest BCUT2D eigenvalue weighted by Crippen LogP contribution is -2.46. The molecule has 0 radical (unpaired) electrons. The van der Waals surface area contributed by atoms with E-state index in [2.05, 4.69) is 4.90 Å². The summed E-state index contributed by atoms with van der Waals surface area (Å²) in [5.74, 6) is -1.48. The first-order valence-electron chi connectivity index (χ1n) is 10.1. The van der Waals surface area contributed by atoms with Gasteiger partial charge in [-0.3, -0.25) is 14.4 Å². The molecule has 0 aromatic carbocycles. The summed E-state index contributed by atoms with van der Waals surface area (Å²) >= 11 is 0. The summed E-state index contributed by atoms with van der Waals surface area (Å²) in [5.41, 5.74) is 0. The van der Waals surface area contributed by atoms with Crippen LogP contribution in [0.4, 0.5) is 0 Å². The van der Waals surface area contributed by atoms with Gasteiger partial charge in [-0.2, -0.15) is 0 Å². The van der Waals surface area contributed by atoms with Crippen LogP contribution in [0, 0.1) is 5.92 Å². The molecule has 1 unspecified atom stereocenters. The molecule has 11 heteroatoms. The van der Waals surface area contributed by atoms with Crippen LogP contribution >= 0.6 is 12.4 Å². The highest BCUT2D eigenvalue weighted by atomic mass is 35.5. The van der Waals surface area contributed by atoms with Gasteiger partial charge in [0.05, 0.1) is 24.3 Å². The van der Waals surface area contributed by atoms with Gasteiger partial charge in [0.1, 0.15) is 0 Å². The fourth-order valence-corrected chi connectivity index (χ4v) is 5.84. The molecule has 9 nitrogen and oxygen atoms in total. The molecule has 3 heterocycles. The molecular weight excluding hydrogens is 432 g/mol. The molecule has 0 aromatic rings. The van der Waals surface area contributed by atoms with Crippen molar-refractivity contribution in [2.24, 2.45) is 5.92 Å². The molecule has 0 spiro atoms. The van der Waals surface area contributed by atoms with Crippen molar-refractivity contribution in [3.8, 4) is 0 Å². The molecule has 0 aliphatic carbocycles. The van der Waals surface area contributed by atoms with E-state index in [0.29, 0.717) is 32.5 Å². The lowest BCUT2D eigenvalue weighted by molar-refractivity contribution is -0.131. The highest BCUT2D eigenvalue weighted by Crippen LogP contribution is 2.40. The number of piperazine rings is 1. The van der Waals surface area contributed by atoms with E-state index in [-0.39, 0.29) is 24.2 Å². The van der Waals surface area contributed by atoms with Gasteiger partial charge < -0.3 is 14.7 Å². The van der Waals surface area contributed by atoms with E-state index in [9.17, 15) is 22.8 Å². The van der Waals surface area contributed by atoms with Gasteiger partial charge in [-0.25, -0.2) is 12.7 Å². The number of carbonyl (C=O) groups is 3. The minimum Gasteiger partial charge on any atom is -0.337 e. The third kappa shape index (κ3) is 4.81. The van der Waals surface area contributed by atoms with Gasteiger partial charge in [0, 0.05) is 44.9 Å². The summed E-state index contributed by atoms with van der Waals surface area (Å²) in [6.07, 6.45) is 5.27. The molecule has 0 saturated carbocycles. The maximum Gasteiger partial charge on any atom is 0.247 e. The number of halogens is 1. The Labute approximate surface area is 184 Å². The van der Waals surface area contributed by atoms with Crippen molar-refractivity contribution >= 4 is 40.2 Å². The van der Waals surface area contributed by atoms with Gasteiger partial charge in [0.15, 0.2) is 0 Å². The molecule has 3 saturated heterocycles. The molecule has 170 valence electrons. The maximum atomic E-state index is 12.8. The van der Waals surface area contributed by atoms with E-state index < -0.39 is 33.9 Å². The zero-order valence-corrected chi connectivity index (χ0v) is 19.3. The van der Waals surface area contributed by atoms with Crippen LogP contribution in [-0.4, -0.2) is 103 Å². The Morgan fingerprint density at radius 1 is 1.07 bits per heavy atom. The number of amides is 3. The number of hydrogen-bond donors (Lipinski definition) is 0. The Bertz CT molecular complexity index is 810. The average Bonchev–Trinajstić information content (AvgIpc) is 3.18. The number of likely N-dealkylation sites (tertiary alicyclic amines) is 1. The number of sulfonamides is 1. The number of likely N-dealkylation sites (N-methyl/N-ethyl adjacent to an activating group) is 1. The lowest BCUT2D eigenvalue weighted by atomic mass is 9.94. The summed E-state index contributed by atoms with van der Waals surface area (Å²) in [4.78, 5) is 43.4. The van der Waals surface area contributed by atoms with Crippen molar-refractivity contribution in [2.75, 3.05) is 46.0 Å². The normalized spacial score (nSPS) is 27.5. The Balaban J connectivity index is 0.00000320. The van der Waals surface area contributed by atoms with Crippen molar-refractivity contribution in [3.63, 3.8) is 0 Å². The molecule has 3 rings (SSSR count). The summed E-state index contributed by atoms with van der Waals surface area (Å²) in [6.45, 7) is 5.15. The third-order valence-electron chi connectivity index (χ3n) is 6.09. The minimum atomic E-state index is -3.69. The van der Waals surface area contributed by atoms with Gasteiger partial charge in [0.2, 0.25) is 27.7 Å². The van der Waals surface area contributed by atoms with E-state index in [1.807, 2.05) is 14.0 Å². The predicted molar refractivity (Wildman–Crippen MR) is 114 cm³/mol. The second-order valence-corrected chi connectivity index (χ2v) is 9.99. The van der Waals surface area contributed by atoms with Crippen LogP contribution < -0.4 is 0 Å². The first-order chi connectivity index (χ1) is 13.6. The fraction of sp³-hybridized carbons (Fsp3) is 0.737. The molecule has 0 N–H and O–H groups in total. The number of hydrogen-bond acceptors (Lipinski definition) is 6. The first-order valence-corrected chi connectivity index (χ1v) is 12.0. The molecule has 3 amide bonds. The zero-order chi connectivity index (χ0) is 21.3. The molecular formula is C19H31ClN4O5S. The van der Waals surface area contributed by atoms with Gasteiger partial charge in [-0.1, -0.05) is 13.3 Å². The van der Waals surface area contributed by atoms with Crippen molar-refractivity contribution in [2.45, 2.75) is 38.3 Å². The maximum absolute atomic E-state index is 12.8.